The van der Waals surface area contributed by atoms with Crippen LogP contribution in [0.25, 0.3) is 0 Å². The minimum Gasteiger partial charge on any atom is -0.493 e. The van der Waals surface area contributed by atoms with Gasteiger partial charge in [-0.25, -0.2) is 0 Å². The van der Waals surface area contributed by atoms with Crippen LogP contribution >= 0.6 is 45.8 Å². The van der Waals surface area contributed by atoms with Crippen LogP contribution in [0.5, 0.6) is 11.5 Å². The van der Waals surface area contributed by atoms with Gasteiger partial charge in [0.05, 0.1) is 27.3 Å². The number of rotatable bonds is 5. The van der Waals surface area contributed by atoms with Gasteiger partial charge in [-0.1, -0.05) is 29.3 Å². The van der Waals surface area contributed by atoms with Gasteiger partial charge in [0.2, 0.25) is 0 Å². The first-order chi connectivity index (χ1) is 10.0. The third-order valence-corrected chi connectivity index (χ3v) is 4.38. The van der Waals surface area contributed by atoms with Crippen molar-refractivity contribution >= 4 is 45.8 Å². The van der Waals surface area contributed by atoms with E-state index in [1.165, 1.54) is 0 Å². The molecular weight excluding hydrogens is 426 g/mol. The van der Waals surface area contributed by atoms with E-state index >= 15 is 0 Å². The third kappa shape index (κ3) is 4.16. The summed E-state index contributed by atoms with van der Waals surface area (Å²) >= 11 is 14.0. The smallest absolute Gasteiger partial charge is 0.174 e. The standard InChI is InChI=1S/C15H13Cl2IO3/c1-20-14-6-10(7-19)5-13(18)15(14)21-8-9-2-3-11(16)12(17)4-9/h2-6,19H,7-8H2,1H3. The normalized spacial score (nSPS) is 10.5. The first-order valence-corrected chi connectivity index (χ1v) is 7.92. The summed E-state index contributed by atoms with van der Waals surface area (Å²) < 4.78 is 12.0. The van der Waals surface area contributed by atoms with Gasteiger partial charge in [0, 0.05) is 0 Å². The molecule has 3 nitrogen and oxygen atoms in total. The average molecular weight is 439 g/mol. The lowest BCUT2D eigenvalue weighted by molar-refractivity contribution is 0.273. The van der Waals surface area contributed by atoms with E-state index in [0.29, 0.717) is 28.2 Å². The summed E-state index contributed by atoms with van der Waals surface area (Å²) in [7, 11) is 1.57. The van der Waals surface area contributed by atoms with Gasteiger partial charge < -0.3 is 14.6 Å². The highest BCUT2D eigenvalue weighted by Gasteiger charge is 2.12. The maximum absolute atomic E-state index is 9.21. The molecule has 6 heteroatoms. The summed E-state index contributed by atoms with van der Waals surface area (Å²) in [6.45, 7) is 0.307. The lowest BCUT2D eigenvalue weighted by atomic mass is 10.2. The largest absolute Gasteiger partial charge is 0.493 e. The Hall–Kier alpha value is -0.690. The number of aliphatic hydroxyl groups is 1. The monoisotopic (exact) mass is 438 g/mol. The quantitative estimate of drug-likeness (QED) is 0.689. The molecule has 2 aromatic carbocycles. The second-order valence-electron chi connectivity index (χ2n) is 4.30. The molecule has 2 aromatic rings. The molecule has 0 atom stereocenters. The van der Waals surface area contributed by atoms with Gasteiger partial charge in [-0.2, -0.15) is 0 Å². The first-order valence-electron chi connectivity index (χ1n) is 6.09. The molecule has 0 aliphatic carbocycles. The molecule has 112 valence electrons. The summed E-state index contributed by atoms with van der Waals surface area (Å²) in [5, 5.41) is 10.2. The summed E-state index contributed by atoms with van der Waals surface area (Å²) in [5.41, 5.74) is 1.69. The van der Waals surface area contributed by atoms with Crippen molar-refractivity contribution in [1.82, 2.24) is 0 Å². The van der Waals surface area contributed by atoms with Gasteiger partial charge in [0.25, 0.3) is 0 Å². The van der Waals surface area contributed by atoms with Gasteiger partial charge in [-0.3, -0.25) is 0 Å². The van der Waals surface area contributed by atoms with Crippen molar-refractivity contribution in [1.29, 1.82) is 0 Å². The summed E-state index contributed by atoms with van der Waals surface area (Å²) in [6, 6.07) is 8.97. The third-order valence-electron chi connectivity index (χ3n) is 2.84. The van der Waals surface area contributed by atoms with E-state index in [9.17, 15) is 5.11 Å². The van der Waals surface area contributed by atoms with Crippen LogP contribution in [-0.4, -0.2) is 12.2 Å². The molecule has 21 heavy (non-hydrogen) atoms. The molecule has 0 saturated carbocycles. The average Bonchev–Trinajstić information content (AvgIpc) is 2.48. The van der Waals surface area contributed by atoms with Gasteiger partial charge in [0.1, 0.15) is 6.61 Å². The van der Waals surface area contributed by atoms with Crippen molar-refractivity contribution in [2.24, 2.45) is 0 Å². The van der Waals surface area contributed by atoms with E-state index in [4.69, 9.17) is 32.7 Å². The number of ether oxygens (including phenoxy) is 2. The number of hydrogen-bond acceptors (Lipinski definition) is 3. The predicted octanol–water partition coefficient (Wildman–Crippen LogP) is 4.68. The van der Waals surface area contributed by atoms with Gasteiger partial charge in [-0.05, 0) is 58.0 Å². The minimum absolute atomic E-state index is 0.0422. The van der Waals surface area contributed by atoms with Crippen LogP contribution in [0.3, 0.4) is 0 Å². The second-order valence-corrected chi connectivity index (χ2v) is 6.28. The van der Waals surface area contributed by atoms with E-state index in [-0.39, 0.29) is 6.61 Å². The number of halogens is 3. The molecule has 0 unspecified atom stereocenters. The molecule has 0 saturated heterocycles. The Kier molecular flexibility index (Phi) is 5.98. The molecule has 0 radical (unpaired) electrons. The van der Waals surface area contributed by atoms with Crippen LogP contribution in [0.2, 0.25) is 10.0 Å². The highest BCUT2D eigenvalue weighted by atomic mass is 127. The Labute approximate surface area is 146 Å². The molecule has 0 amide bonds. The second kappa shape index (κ2) is 7.54. The van der Waals surface area contributed by atoms with Gasteiger partial charge >= 0.3 is 0 Å². The van der Waals surface area contributed by atoms with E-state index in [1.54, 1.807) is 25.3 Å². The maximum atomic E-state index is 9.21. The highest BCUT2D eigenvalue weighted by Crippen LogP contribution is 2.34. The van der Waals surface area contributed by atoms with Crippen molar-refractivity contribution in [2.45, 2.75) is 13.2 Å². The highest BCUT2D eigenvalue weighted by molar-refractivity contribution is 14.1. The fourth-order valence-electron chi connectivity index (χ4n) is 1.79. The van der Waals surface area contributed by atoms with Crippen LogP contribution in [0.15, 0.2) is 30.3 Å². The lowest BCUT2D eigenvalue weighted by Gasteiger charge is -2.14. The fourth-order valence-corrected chi connectivity index (χ4v) is 2.93. The predicted molar refractivity (Wildman–Crippen MR) is 92.4 cm³/mol. The van der Waals surface area contributed by atoms with Gasteiger partial charge in [0.15, 0.2) is 11.5 Å². The number of hydrogen-bond donors (Lipinski definition) is 1. The zero-order valence-electron chi connectivity index (χ0n) is 11.2. The van der Waals surface area contributed by atoms with Crippen LogP contribution in [-0.2, 0) is 13.2 Å². The van der Waals surface area contributed by atoms with E-state index in [1.807, 2.05) is 12.1 Å². The molecule has 0 aliphatic heterocycles. The maximum Gasteiger partial charge on any atom is 0.174 e. The van der Waals surface area contributed by atoms with Crippen LogP contribution in [0.1, 0.15) is 11.1 Å². The van der Waals surface area contributed by atoms with Crippen molar-refractivity contribution in [3.05, 3.63) is 55.1 Å². The molecule has 0 spiro atoms. The van der Waals surface area contributed by atoms with Crippen molar-refractivity contribution in [3.63, 3.8) is 0 Å². The molecule has 0 fully saturated rings. The van der Waals surface area contributed by atoms with Crippen LogP contribution < -0.4 is 9.47 Å². The number of benzene rings is 2. The first kappa shape index (κ1) is 16.7. The molecule has 2 rings (SSSR count). The van der Waals surface area contributed by atoms with Crippen LogP contribution in [0, 0.1) is 3.57 Å². The number of methoxy groups -OCH3 is 1. The summed E-state index contributed by atoms with van der Waals surface area (Å²) in [4.78, 5) is 0. The van der Waals surface area contributed by atoms with E-state index in [2.05, 4.69) is 22.6 Å². The number of aliphatic hydroxyl groups excluding tert-OH is 1. The van der Waals surface area contributed by atoms with Crippen molar-refractivity contribution < 1.29 is 14.6 Å². The topological polar surface area (TPSA) is 38.7 Å². The van der Waals surface area contributed by atoms with Crippen LogP contribution in [0.4, 0.5) is 0 Å². The van der Waals surface area contributed by atoms with Gasteiger partial charge in [-0.15, -0.1) is 0 Å². The van der Waals surface area contributed by atoms with E-state index in [0.717, 1.165) is 14.7 Å². The summed E-state index contributed by atoms with van der Waals surface area (Å²) in [5.74, 6) is 1.23. The molecular formula is C15H13Cl2IO3. The Morgan fingerprint density at radius 3 is 2.48 bits per heavy atom. The Bertz CT molecular complexity index is 647. The molecule has 1 N–H and O–H groups in total. The zero-order valence-corrected chi connectivity index (χ0v) is 14.9. The lowest BCUT2D eigenvalue weighted by Crippen LogP contribution is -2.01. The minimum atomic E-state index is -0.0422. The Balaban J connectivity index is 2.21. The SMILES string of the molecule is COc1cc(CO)cc(I)c1OCc1ccc(Cl)c(Cl)c1. The zero-order chi connectivity index (χ0) is 15.4. The van der Waals surface area contributed by atoms with Crippen molar-refractivity contribution in [2.75, 3.05) is 7.11 Å². The van der Waals surface area contributed by atoms with Crippen molar-refractivity contribution in [3.8, 4) is 11.5 Å². The molecule has 0 bridgehead atoms. The fraction of sp³-hybridized carbons (Fsp3) is 0.200. The molecule has 0 heterocycles. The summed E-state index contributed by atoms with van der Waals surface area (Å²) in [6.07, 6.45) is 0. The Morgan fingerprint density at radius 1 is 1.10 bits per heavy atom. The van der Waals surface area contributed by atoms with E-state index < -0.39 is 0 Å². The Morgan fingerprint density at radius 2 is 1.86 bits per heavy atom. The molecule has 0 aromatic heterocycles. The molecule has 0 aliphatic rings.